The van der Waals surface area contributed by atoms with Crippen LogP contribution < -0.4 is 18.9 Å². The predicted molar refractivity (Wildman–Crippen MR) is 36.8 cm³/mol. The SMILES string of the molecule is CC(OP(=O)(O)O)OP(=O)(O)O.[H-].[Li+]. The molecule has 0 aromatic heterocycles. The fraction of sp³-hybridized carbons (Fsp3) is 1.00. The van der Waals surface area contributed by atoms with Crippen LogP contribution in [0, 0.1) is 0 Å². The molecule has 13 heavy (non-hydrogen) atoms. The third-order valence-corrected chi connectivity index (χ3v) is 1.71. The largest absolute Gasteiger partial charge is 1.00 e. The molecule has 0 radical (unpaired) electrons. The van der Waals surface area contributed by atoms with Crippen molar-refractivity contribution in [2.75, 3.05) is 0 Å². The smallest absolute Gasteiger partial charge is 1.00 e. The Kier molecular flexibility index (Phi) is 7.05. The van der Waals surface area contributed by atoms with E-state index in [1.54, 1.807) is 0 Å². The van der Waals surface area contributed by atoms with E-state index in [-0.39, 0.29) is 20.3 Å². The molecule has 0 aliphatic heterocycles. The van der Waals surface area contributed by atoms with Gasteiger partial charge in [-0.2, -0.15) is 0 Å². The minimum Gasteiger partial charge on any atom is -1.00 e. The Morgan fingerprint density at radius 2 is 1.31 bits per heavy atom. The van der Waals surface area contributed by atoms with Gasteiger partial charge in [0.2, 0.25) is 0 Å². The monoisotopic (exact) mass is 230 g/mol. The molecule has 0 spiro atoms. The molecule has 0 aliphatic rings. The summed E-state index contributed by atoms with van der Waals surface area (Å²) in [4.78, 5) is 32.6. The van der Waals surface area contributed by atoms with Crippen LogP contribution in [0.1, 0.15) is 8.35 Å². The average Bonchev–Trinajstić information content (AvgIpc) is 1.49. The van der Waals surface area contributed by atoms with Crippen molar-refractivity contribution < 1.29 is 58.0 Å². The third kappa shape index (κ3) is 12.8. The third-order valence-electron chi connectivity index (χ3n) is 0.572. The van der Waals surface area contributed by atoms with Crippen molar-refractivity contribution in [3.05, 3.63) is 0 Å². The predicted octanol–water partition coefficient (Wildman–Crippen LogP) is -3.33. The number of phosphoric ester groups is 2. The Balaban J connectivity index is -0.000000605. The molecule has 0 fully saturated rings. The van der Waals surface area contributed by atoms with Crippen LogP contribution in [0.2, 0.25) is 0 Å². The summed E-state index contributed by atoms with van der Waals surface area (Å²) in [5.74, 6) is 0. The van der Waals surface area contributed by atoms with E-state index in [0.29, 0.717) is 0 Å². The topological polar surface area (TPSA) is 134 Å². The van der Waals surface area contributed by atoms with Gasteiger partial charge in [0.25, 0.3) is 0 Å². The van der Waals surface area contributed by atoms with Crippen molar-refractivity contribution in [1.82, 2.24) is 0 Å². The van der Waals surface area contributed by atoms with E-state index in [0.717, 1.165) is 6.92 Å². The van der Waals surface area contributed by atoms with Crippen molar-refractivity contribution in [3.8, 4) is 0 Å². The van der Waals surface area contributed by atoms with Gasteiger partial charge in [-0.05, 0) is 6.92 Å². The second-order valence-electron chi connectivity index (χ2n) is 1.76. The number of hydrogen-bond donors (Lipinski definition) is 4. The second kappa shape index (κ2) is 5.64. The Bertz CT molecular complexity index is 209. The Morgan fingerprint density at radius 3 is 1.46 bits per heavy atom. The van der Waals surface area contributed by atoms with Crippen molar-refractivity contribution in [2.24, 2.45) is 0 Å². The van der Waals surface area contributed by atoms with Gasteiger partial charge >= 0.3 is 34.5 Å². The summed E-state index contributed by atoms with van der Waals surface area (Å²) < 4.78 is 27.7. The standard InChI is InChI=1S/C2H8O8P2.Li.H/c1-2(9-11(3,4)5)10-12(6,7)8;;/h2H,1H3,(H2,3,4,5)(H2,6,7,8);;/q;+1;-1. The quantitative estimate of drug-likeness (QED) is 0.224. The van der Waals surface area contributed by atoms with Gasteiger partial charge in [-0.25, -0.2) is 9.13 Å². The molecule has 0 amide bonds. The van der Waals surface area contributed by atoms with Gasteiger partial charge in [0.15, 0.2) is 6.29 Å². The van der Waals surface area contributed by atoms with Crippen LogP contribution in [0.25, 0.3) is 0 Å². The molecular formula is C2H9LiO8P2. The Morgan fingerprint density at radius 1 is 1.08 bits per heavy atom. The van der Waals surface area contributed by atoms with Crippen molar-refractivity contribution in [3.63, 3.8) is 0 Å². The number of hydrogen-bond acceptors (Lipinski definition) is 4. The summed E-state index contributed by atoms with van der Waals surface area (Å²) in [6.07, 6.45) is -1.67. The Labute approximate surface area is 87.4 Å². The van der Waals surface area contributed by atoms with E-state index < -0.39 is 21.9 Å². The van der Waals surface area contributed by atoms with Crippen molar-refractivity contribution in [2.45, 2.75) is 13.2 Å². The van der Waals surface area contributed by atoms with Gasteiger partial charge in [-0.15, -0.1) is 0 Å². The fourth-order valence-corrected chi connectivity index (χ4v) is 1.33. The van der Waals surface area contributed by atoms with E-state index in [2.05, 4.69) is 9.05 Å². The Hall–Kier alpha value is 0.817. The van der Waals surface area contributed by atoms with Crippen LogP contribution in [-0.2, 0) is 18.2 Å². The first-order chi connectivity index (χ1) is 5.10. The fourth-order valence-electron chi connectivity index (χ4n) is 0.406. The van der Waals surface area contributed by atoms with Gasteiger partial charge in [0, 0.05) is 0 Å². The molecule has 0 bridgehead atoms. The van der Waals surface area contributed by atoms with Crippen LogP contribution >= 0.6 is 15.6 Å². The maximum Gasteiger partial charge on any atom is 1.00 e. The normalized spacial score (nSPS) is 12.8. The minimum absolute atomic E-state index is 0. The number of rotatable bonds is 4. The molecular weight excluding hydrogens is 221 g/mol. The van der Waals surface area contributed by atoms with Crippen LogP contribution in [0.3, 0.4) is 0 Å². The molecule has 0 aromatic rings. The molecule has 0 heterocycles. The van der Waals surface area contributed by atoms with Gasteiger partial charge in [-0.1, -0.05) is 0 Å². The zero-order valence-corrected chi connectivity index (χ0v) is 8.68. The molecule has 0 unspecified atom stereocenters. The molecule has 4 N–H and O–H groups in total. The summed E-state index contributed by atoms with van der Waals surface area (Å²) in [6.45, 7) is 0.943. The maximum absolute atomic E-state index is 10.1. The van der Waals surface area contributed by atoms with Crippen LogP contribution in [0.4, 0.5) is 0 Å². The minimum atomic E-state index is -4.78. The number of phosphoric acid groups is 2. The molecule has 0 aliphatic carbocycles. The van der Waals surface area contributed by atoms with E-state index in [1.165, 1.54) is 0 Å². The molecule has 11 heteroatoms. The van der Waals surface area contributed by atoms with Gasteiger partial charge in [-0.3, -0.25) is 9.05 Å². The molecule has 0 saturated heterocycles. The summed E-state index contributed by atoms with van der Waals surface area (Å²) in [6, 6.07) is 0. The zero-order valence-electron chi connectivity index (χ0n) is 7.89. The molecule has 0 saturated carbocycles. The van der Waals surface area contributed by atoms with Gasteiger partial charge in [0.1, 0.15) is 0 Å². The average molecular weight is 230 g/mol. The molecule has 0 aromatic carbocycles. The second-order valence-corrected chi connectivity index (χ2v) is 4.14. The van der Waals surface area contributed by atoms with Crippen LogP contribution in [-0.4, -0.2) is 25.9 Å². The molecule has 0 rings (SSSR count). The summed E-state index contributed by atoms with van der Waals surface area (Å²) in [7, 11) is -9.55. The first-order valence-corrected chi connectivity index (χ1v) is 5.64. The first kappa shape index (κ1) is 16.3. The first-order valence-electron chi connectivity index (χ1n) is 2.58. The molecule has 8 nitrogen and oxygen atoms in total. The summed E-state index contributed by atoms with van der Waals surface area (Å²) in [5, 5.41) is 0. The van der Waals surface area contributed by atoms with E-state index >= 15 is 0 Å². The maximum atomic E-state index is 10.1. The van der Waals surface area contributed by atoms with Crippen molar-refractivity contribution in [1.29, 1.82) is 0 Å². The van der Waals surface area contributed by atoms with E-state index in [4.69, 9.17) is 19.6 Å². The van der Waals surface area contributed by atoms with E-state index in [1.807, 2.05) is 0 Å². The molecule has 0 atom stereocenters. The van der Waals surface area contributed by atoms with Gasteiger partial charge < -0.3 is 21.0 Å². The van der Waals surface area contributed by atoms with Crippen LogP contribution in [0.5, 0.6) is 0 Å². The summed E-state index contributed by atoms with van der Waals surface area (Å²) >= 11 is 0. The van der Waals surface area contributed by atoms with Crippen molar-refractivity contribution >= 4 is 15.6 Å². The zero-order chi connectivity index (χ0) is 9.99. The van der Waals surface area contributed by atoms with Crippen LogP contribution in [0.15, 0.2) is 0 Å². The van der Waals surface area contributed by atoms with Gasteiger partial charge in [0.05, 0.1) is 0 Å². The molecule has 76 valence electrons. The summed E-state index contributed by atoms with van der Waals surface area (Å²) in [5.41, 5.74) is 0. The van der Waals surface area contributed by atoms with E-state index in [9.17, 15) is 9.13 Å².